The summed E-state index contributed by atoms with van der Waals surface area (Å²) in [4.78, 5) is 37.1. The second kappa shape index (κ2) is 13.0. The summed E-state index contributed by atoms with van der Waals surface area (Å²) < 4.78 is 6.42. The quantitative estimate of drug-likeness (QED) is 0.280. The van der Waals surface area contributed by atoms with E-state index in [9.17, 15) is 9.59 Å². The molecule has 8 nitrogen and oxygen atoms in total. The van der Waals surface area contributed by atoms with Crippen LogP contribution in [-0.2, 0) is 19.4 Å². The van der Waals surface area contributed by atoms with Crippen molar-refractivity contribution in [1.29, 1.82) is 0 Å². The van der Waals surface area contributed by atoms with Crippen molar-refractivity contribution in [3.63, 3.8) is 0 Å². The Bertz CT molecular complexity index is 1660. The van der Waals surface area contributed by atoms with Crippen LogP contribution >= 0.6 is 0 Å². The number of benzene rings is 2. The van der Waals surface area contributed by atoms with E-state index in [0.717, 1.165) is 58.5 Å². The first-order valence-electron chi connectivity index (χ1n) is 12.8. The van der Waals surface area contributed by atoms with Crippen molar-refractivity contribution in [2.45, 2.75) is 46.1 Å². The first-order chi connectivity index (χ1) is 18.5. The normalized spacial score (nSPS) is 10.8. The minimum absolute atomic E-state index is 0. The van der Waals surface area contributed by atoms with E-state index in [2.05, 4.69) is 22.0 Å². The molecule has 0 spiro atoms. The Morgan fingerprint density at radius 3 is 2.36 bits per heavy atom. The first kappa shape index (κ1) is 28.4. The number of unbranched alkanes of at least 4 members (excludes halogenated alkanes) is 1. The van der Waals surface area contributed by atoms with Gasteiger partial charge in [-0.25, -0.2) is 9.78 Å². The SMILES string of the molecule is CCCCc1nc(C)n(Cc2ccccn2)c(=O)c1Cc1ccc(-c2ccccc2-c2noc(=O)[nH]2)cc1.[Na]. The van der Waals surface area contributed by atoms with Gasteiger partial charge in [0.05, 0.1) is 17.9 Å². The number of H-pyrrole nitrogens is 1. The van der Waals surface area contributed by atoms with Crippen LogP contribution in [0.4, 0.5) is 0 Å². The van der Waals surface area contributed by atoms with Crippen LogP contribution in [0.5, 0.6) is 0 Å². The van der Waals surface area contributed by atoms with E-state index in [1.807, 2.05) is 73.7 Å². The summed E-state index contributed by atoms with van der Waals surface area (Å²) in [5.41, 5.74) is 6.08. The minimum Gasteiger partial charge on any atom is -0.296 e. The standard InChI is InChI=1S/C30H29N5O3.Na/c1-3-4-12-27-26(29(36)35(20(2)32-27)19-23-9-7-8-17-31-23)18-21-13-15-22(16-14-21)24-10-5-6-11-25(24)28-33-30(37)38-34-28;/h5-11,13-17H,3-4,12,18-19H2,1-2H3,(H,33,34,37);. The summed E-state index contributed by atoms with van der Waals surface area (Å²) in [7, 11) is 0. The predicted octanol–water partition coefficient (Wildman–Crippen LogP) is 4.56. The maximum Gasteiger partial charge on any atom is 0.439 e. The van der Waals surface area contributed by atoms with Gasteiger partial charge in [-0.3, -0.25) is 23.9 Å². The Balaban J connectivity index is 0.00000353. The van der Waals surface area contributed by atoms with Gasteiger partial charge in [0.1, 0.15) is 5.82 Å². The smallest absolute Gasteiger partial charge is 0.296 e. The third kappa shape index (κ3) is 6.53. The van der Waals surface area contributed by atoms with Crippen molar-refractivity contribution in [2.75, 3.05) is 0 Å². The molecule has 39 heavy (non-hydrogen) atoms. The molecule has 3 aromatic heterocycles. The third-order valence-electron chi connectivity index (χ3n) is 6.62. The zero-order chi connectivity index (χ0) is 26.5. The number of rotatable bonds is 9. The molecule has 0 amide bonds. The maximum atomic E-state index is 13.7. The molecule has 5 rings (SSSR count). The number of hydrogen-bond acceptors (Lipinski definition) is 6. The molecule has 2 aromatic carbocycles. The number of aryl methyl sites for hydroxylation is 2. The van der Waals surface area contributed by atoms with Gasteiger partial charge in [0.15, 0.2) is 5.82 Å². The van der Waals surface area contributed by atoms with E-state index >= 15 is 0 Å². The van der Waals surface area contributed by atoms with Crippen LogP contribution in [0.3, 0.4) is 0 Å². The summed E-state index contributed by atoms with van der Waals surface area (Å²) in [5.74, 6) is 0.493. The molecule has 0 aliphatic rings. The third-order valence-corrected chi connectivity index (χ3v) is 6.62. The average Bonchev–Trinajstić information content (AvgIpc) is 3.38. The van der Waals surface area contributed by atoms with Crippen LogP contribution < -0.4 is 11.3 Å². The molecule has 0 unspecified atom stereocenters. The van der Waals surface area contributed by atoms with Crippen LogP contribution in [0.2, 0.25) is 0 Å². The van der Waals surface area contributed by atoms with Gasteiger partial charge in [-0.15, -0.1) is 0 Å². The minimum atomic E-state index is -0.593. The molecule has 5 aromatic rings. The van der Waals surface area contributed by atoms with Crippen molar-refractivity contribution in [3.8, 4) is 22.5 Å². The molecule has 0 atom stereocenters. The molecule has 3 heterocycles. The largest absolute Gasteiger partial charge is 0.439 e. The maximum absolute atomic E-state index is 13.7. The second-order valence-electron chi connectivity index (χ2n) is 9.26. The Morgan fingerprint density at radius 2 is 1.69 bits per heavy atom. The number of pyridine rings is 1. The molecule has 9 heteroatoms. The molecule has 0 aliphatic heterocycles. The van der Waals surface area contributed by atoms with E-state index in [1.165, 1.54) is 0 Å². The fourth-order valence-corrected chi connectivity index (χ4v) is 4.62. The molecule has 0 bridgehead atoms. The zero-order valence-electron chi connectivity index (χ0n) is 22.5. The monoisotopic (exact) mass is 530 g/mol. The van der Waals surface area contributed by atoms with Gasteiger partial charge < -0.3 is 0 Å². The summed E-state index contributed by atoms with van der Waals surface area (Å²) in [6.45, 7) is 4.41. The fraction of sp³-hybridized carbons (Fsp3) is 0.233. The van der Waals surface area contributed by atoms with E-state index in [0.29, 0.717) is 24.6 Å². The second-order valence-corrected chi connectivity index (χ2v) is 9.26. The van der Waals surface area contributed by atoms with Crippen molar-refractivity contribution in [1.82, 2.24) is 24.7 Å². The fourth-order valence-electron chi connectivity index (χ4n) is 4.62. The molecule has 0 aliphatic carbocycles. The Morgan fingerprint density at radius 1 is 0.949 bits per heavy atom. The van der Waals surface area contributed by atoms with Crippen LogP contribution in [0.25, 0.3) is 22.5 Å². The summed E-state index contributed by atoms with van der Waals surface area (Å²) in [6, 6.07) is 21.5. The first-order valence-corrected chi connectivity index (χ1v) is 12.8. The number of nitrogens with zero attached hydrogens (tertiary/aromatic N) is 4. The van der Waals surface area contributed by atoms with Gasteiger partial charge in [0.25, 0.3) is 5.56 Å². The van der Waals surface area contributed by atoms with Gasteiger partial charge in [-0.05, 0) is 48.6 Å². The van der Waals surface area contributed by atoms with Crippen molar-refractivity contribution >= 4 is 29.6 Å². The number of aromatic nitrogens is 5. The molecular formula is C30H29N5NaO3. The van der Waals surface area contributed by atoms with Gasteiger partial charge in [0, 0.05) is 53.3 Å². The van der Waals surface area contributed by atoms with Crippen LogP contribution in [0.15, 0.2) is 87.0 Å². The van der Waals surface area contributed by atoms with Crippen LogP contribution in [0.1, 0.15) is 48.1 Å². The van der Waals surface area contributed by atoms with E-state index in [-0.39, 0.29) is 35.1 Å². The number of nitrogens with one attached hydrogen (secondary N) is 1. The Labute approximate surface area is 248 Å². The zero-order valence-corrected chi connectivity index (χ0v) is 24.5. The molecule has 0 fully saturated rings. The van der Waals surface area contributed by atoms with Crippen molar-refractivity contribution in [2.24, 2.45) is 0 Å². The molecule has 1 radical (unpaired) electrons. The number of hydrogen-bond donors (Lipinski definition) is 1. The van der Waals surface area contributed by atoms with Crippen molar-refractivity contribution in [3.05, 3.63) is 122 Å². The predicted molar refractivity (Wildman–Crippen MR) is 152 cm³/mol. The van der Waals surface area contributed by atoms with E-state index in [4.69, 9.17) is 9.51 Å². The molecule has 193 valence electrons. The topological polar surface area (TPSA) is 107 Å². The van der Waals surface area contributed by atoms with E-state index in [1.54, 1.807) is 10.8 Å². The molecule has 1 N–H and O–H groups in total. The Hall–Kier alpha value is -3.59. The summed E-state index contributed by atoms with van der Waals surface area (Å²) in [6.07, 6.45) is 5.00. The van der Waals surface area contributed by atoms with Gasteiger partial charge in [-0.2, -0.15) is 0 Å². The summed E-state index contributed by atoms with van der Waals surface area (Å²) in [5, 5.41) is 3.84. The molecule has 0 saturated carbocycles. The van der Waals surface area contributed by atoms with Gasteiger partial charge in [-0.1, -0.05) is 73.1 Å². The molecule has 0 saturated heterocycles. The molecular weight excluding hydrogens is 501 g/mol. The number of aromatic amines is 1. The van der Waals surface area contributed by atoms with E-state index < -0.39 is 5.76 Å². The Kier molecular flexibility index (Phi) is 9.45. The van der Waals surface area contributed by atoms with Crippen LogP contribution in [-0.4, -0.2) is 54.2 Å². The van der Waals surface area contributed by atoms with Gasteiger partial charge in [0.2, 0.25) is 0 Å². The van der Waals surface area contributed by atoms with Gasteiger partial charge >= 0.3 is 5.76 Å². The van der Waals surface area contributed by atoms with Crippen molar-refractivity contribution < 1.29 is 4.52 Å². The van der Waals surface area contributed by atoms with Crippen LogP contribution in [0, 0.1) is 6.92 Å². The summed E-state index contributed by atoms with van der Waals surface area (Å²) >= 11 is 0. The average molecular weight is 531 g/mol.